The van der Waals surface area contributed by atoms with Gasteiger partial charge in [-0.05, 0) is 12.1 Å². The summed E-state index contributed by atoms with van der Waals surface area (Å²) in [5, 5.41) is 0.903. The van der Waals surface area contributed by atoms with Crippen molar-refractivity contribution in [2.75, 3.05) is 53.7 Å². The van der Waals surface area contributed by atoms with Crippen molar-refractivity contribution in [3.05, 3.63) is 23.9 Å². The van der Waals surface area contributed by atoms with Crippen LogP contribution in [-0.4, -0.2) is 69.1 Å². The molecule has 0 aliphatic carbocycles. The summed E-state index contributed by atoms with van der Waals surface area (Å²) in [6, 6.07) is 5.53. The van der Waals surface area contributed by atoms with E-state index >= 15 is 0 Å². The fraction of sp³-hybridized carbons (Fsp3) is 0.500. The molecule has 0 radical (unpaired) electrons. The zero-order chi connectivity index (χ0) is 17.8. The Balaban J connectivity index is 1.71. The normalized spacial score (nSPS) is 15.3. The molecule has 0 amide bonds. The van der Waals surface area contributed by atoms with Crippen LogP contribution in [0.5, 0.6) is 11.5 Å². The maximum atomic E-state index is 12.4. The SMILES string of the molecule is COc1cc2cc(C(=O)OCCN3CCOCC3)n(C)c2cc1OC. The summed E-state index contributed by atoms with van der Waals surface area (Å²) < 4.78 is 23.2. The molecule has 1 aromatic heterocycles. The number of carbonyl (C=O) groups excluding carboxylic acids is 1. The fourth-order valence-electron chi connectivity index (χ4n) is 3.03. The van der Waals surface area contributed by atoms with E-state index in [0.29, 0.717) is 23.8 Å². The maximum Gasteiger partial charge on any atom is 0.355 e. The van der Waals surface area contributed by atoms with E-state index in [4.69, 9.17) is 18.9 Å². The minimum absolute atomic E-state index is 0.329. The van der Waals surface area contributed by atoms with Gasteiger partial charge in [0, 0.05) is 38.1 Å². The number of aromatic nitrogens is 1. The molecule has 0 unspecified atom stereocenters. The van der Waals surface area contributed by atoms with Crippen molar-refractivity contribution in [1.29, 1.82) is 0 Å². The predicted molar refractivity (Wildman–Crippen MR) is 93.6 cm³/mol. The molecular weight excluding hydrogens is 324 g/mol. The summed E-state index contributed by atoms with van der Waals surface area (Å²) in [7, 11) is 5.02. The summed E-state index contributed by atoms with van der Waals surface area (Å²) in [6.07, 6.45) is 0. The van der Waals surface area contributed by atoms with Gasteiger partial charge in [-0.3, -0.25) is 4.90 Å². The van der Waals surface area contributed by atoms with Crippen LogP contribution < -0.4 is 9.47 Å². The van der Waals surface area contributed by atoms with Crippen molar-refractivity contribution in [1.82, 2.24) is 9.47 Å². The summed E-state index contributed by atoms with van der Waals surface area (Å²) >= 11 is 0. The Hall–Kier alpha value is -2.25. The Morgan fingerprint density at radius 3 is 2.48 bits per heavy atom. The quantitative estimate of drug-likeness (QED) is 0.741. The Bertz CT molecular complexity index is 749. The molecule has 0 bridgehead atoms. The second-order valence-electron chi connectivity index (χ2n) is 5.94. The van der Waals surface area contributed by atoms with E-state index in [0.717, 1.165) is 43.8 Å². The first kappa shape index (κ1) is 17.6. The Morgan fingerprint density at radius 2 is 1.80 bits per heavy atom. The van der Waals surface area contributed by atoms with Crippen LogP contribution in [0.25, 0.3) is 10.9 Å². The number of esters is 1. The second-order valence-corrected chi connectivity index (χ2v) is 5.94. The second kappa shape index (κ2) is 7.76. The number of hydrogen-bond acceptors (Lipinski definition) is 6. The lowest BCUT2D eigenvalue weighted by Crippen LogP contribution is -2.38. The molecule has 2 aromatic rings. The first-order valence-electron chi connectivity index (χ1n) is 8.32. The summed E-state index contributed by atoms with van der Waals surface area (Å²) in [6.45, 7) is 4.33. The van der Waals surface area contributed by atoms with Gasteiger partial charge in [-0.1, -0.05) is 0 Å². The van der Waals surface area contributed by atoms with E-state index in [-0.39, 0.29) is 5.97 Å². The predicted octanol–water partition coefficient (Wildman–Crippen LogP) is 1.68. The molecule has 0 spiro atoms. The first-order chi connectivity index (χ1) is 12.1. The lowest BCUT2D eigenvalue weighted by molar-refractivity contribution is 0.0192. The van der Waals surface area contributed by atoms with Crippen LogP contribution in [0.15, 0.2) is 18.2 Å². The monoisotopic (exact) mass is 348 g/mol. The van der Waals surface area contributed by atoms with E-state index in [1.807, 2.05) is 29.8 Å². The number of carbonyl (C=O) groups is 1. The molecule has 7 heteroatoms. The first-order valence-corrected chi connectivity index (χ1v) is 8.32. The van der Waals surface area contributed by atoms with Crippen LogP contribution in [0, 0.1) is 0 Å². The number of hydrogen-bond donors (Lipinski definition) is 0. The van der Waals surface area contributed by atoms with Crippen LogP contribution in [0.3, 0.4) is 0 Å². The molecule has 1 saturated heterocycles. The van der Waals surface area contributed by atoms with Gasteiger partial charge in [-0.25, -0.2) is 4.79 Å². The maximum absolute atomic E-state index is 12.4. The zero-order valence-corrected chi connectivity index (χ0v) is 14.9. The zero-order valence-electron chi connectivity index (χ0n) is 14.9. The van der Waals surface area contributed by atoms with E-state index in [9.17, 15) is 4.79 Å². The van der Waals surface area contributed by atoms with Crippen molar-refractivity contribution in [3.63, 3.8) is 0 Å². The standard InChI is InChI=1S/C18H24N2O5/c1-19-14-12-17(23-3)16(22-2)11-13(14)10-15(19)18(21)25-9-6-20-4-7-24-8-5-20/h10-12H,4-9H2,1-3H3. The third kappa shape index (κ3) is 3.72. The highest BCUT2D eigenvalue weighted by Gasteiger charge is 2.18. The molecular formula is C18H24N2O5. The number of aryl methyl sites for hydroxylation is 1. The third-order valence-corrected chi connectivity index (χ3v) is 4.50. The largest absolute Gasteiger partial charge is 0.493 e. The van der Waals surface area contributed by atoms with E-state index in [2.05, 4.69) is 4.90 Å². The molecule has 1 aliphatic heterocycles. The molecule has 1 aromatic carbocycles. The number of methoxy groups -OCH3 is 2. The smallest absolute Gasteiger partial charge is 0.355 e. The van der Waals surface area contributed by atoms with Crippen LogP contribution >= 0.6 is 0 Å². The number of nitrogens with zero attached hydrogens (tertiary/aromatic N) is 2. The Kier molecular flexibility index (Phi) is 5.45. The Morgan fingerprint density at radius 1 is 1.12 bits per heavy atom. The lowest BCUT2D eigenvalue weighted by Gasteiger charge is -2.26. The van der Waals surface area contributed by atoms with E-state index in [1.54, 1.807) is 14.2 Å². The Labute approximate surface area is 147 Å². The highest BCUT2D eigenvalue weighted by molar-refractivity contribution is 5.96. The third-order valence-electron chi connectivity index (χ3n) is 4.50. The number of ether oxygens (including phenoxy) is 4. The van der Waals surface area contributed by atoms with Crippen molar-refractivity contribution in [2.24, 2.45) is 7.05 Å². The molecule has 1 fully saturated rings. The molecule has 0 saturated carbocycles. The van der Waals surface area contributed by atoms with Gasteiger partial charge >= 0.3 is 5.97 Å². The van der Waals surface area contributed by atoms with Crippen molar-refractivity contribution >= 4 is 16.9 Å². The summed E-state index contributed by atoms with van der Waals surface area (Å²) in [5.74, 6) is 0.932. The van der Waals surface area contributed by atoms with Gasteiger partial charge in [-0.2, -0.15) is 0 Å². The van der Waals surface area contributed by atoms with Crippen LogP contribution in [-0.2, 0) is 16.5 Å². The average Bonchev–Trinajstić information content (AvgIpc) is 2.97. The van der Waals surface area contributed by atoms with Gasteiger partial charge < -0.3 is 23.5 Å². The fourth-order valence-corrected chi connectivity index (χ4v) is 3.03. The van der Waals surface area contributed by atoms with Gasteiger partial charge in [0.05, 0.1) is 33.0 Å². The lowest BCUT2D eigenvalue weighted by atomic mass is 10.2. The number of benzene rings is 1. The molecule has 1 aliphatic rings. The molecule has 2 heterocycles. The molecule has 0 atom stereocenters. The molecule has 25 heavy (non-hydrogen) atoms. The van der Waals surface area contributed by atoms with Crippen molar-refractivity contribution < 1.29 is 23.7 Å². The molecule has 0 N–H and O–H groups in total. The highest BCUT2D eigenvalue weighted by atomic mass is 16.5. The van der Waals surface area contributed by atoms with Crippen LogP contribution in [0.2, 0.25) is 0 Å². The van der Waals surface area contributed by atoms with Crippen molar-refractivity contribution in [3.8, 4) is 11.5 Å². The van der Waals surface area contributed by atoms with Gasteiger partial charge in [0.2, 0.25) is 0 Å². The van der Waals surface area contributed by atoms with Gasteiger partial charge in [0.25, 0.3) is 0 Å². The number of morpholine rings is 1. The number of rotatable bonds is 6. The summed E-state index contributed by atoms with van der Waals surface area (Å²) in [4.78, 5) is 14.7. The molecule has 136 valence electrons. The number of fused-ring (bicyclic) bond motifs is 1. The average molecular weight is 348 g/mol. The summed E-state index contributed by atoms with van der Waals surface area (Å²) in [5.41, 5.74) is 1.39. The van der Waals surface area contributed by atoms with Gasteiger partial charge in [0.15, 0.2) is 11.5 Å². The molecule has 3 rings (SSSR count). The molecule has 7 nitrogen and oxygen atoms in total. The van der Waals surface area contributed by atoms with E-state index in [1.165, 1.54) is 0 Å². The highest BCUT2D eigenvalue weighted by Crippen LogP contribution is 2.33. The van der Waals surface area contributed by atoms with Gasteiger partial charge in [-0.15, -0.1) is 0 Å². The minimum atomic E-state index is -0.329. The minimum Gasteiger partial charge on any atom is -0.493 e. The van der Waals surface area contributed by atoms with E-state index < -0.39 is 0 Å². The van der Waals surface area contributed by atoms with Crippen LogP contribution in [0.1, 0.15) is 10.5 Å². The van der Waals surface area contributed by atoms with Crippen molar-refractivity contribution in [2.45, 2.75) is 0 Å². The topological polar surface area (TPSA) is 62.2 Å². The van der Waals surface area contributed by atoms with Gasteiger partial charge in [0.1, 0.15) is 12.3 Å². The van der Waals surface area contributed by atoms with Crippen LogP contribution in [0.4, 0.5) is 0 Å².